The Hall–Kier alpha value is -3.12. The van der Waals surface area contributed by atoms with Crippen LogP contribution in [0.2, 0.25) is 0 Å². The van der Waals surface area contributed by atoms with Crippen LogP contribution in [0.1, 0.15) is 71.2 Å². The Morgan fingerprint density at radius 1 is 0.703 bits per heavy atom. The van der Waals surface area contributed by atoms with Gasteiger partial charge in [0.25, 0.3) is 11.8 Å². The second-order valence-electron chi connectivity index (χ2n) is 10.4. The largest absolute Gasteiger partial charge is 0.494 e. The van der Waals surface area contributed by atoms with Crippen LogP contribution in [0.4, 0.5) is 0 Å². The Balaban J connectivity index is 1.09. The number of rotatable bonds is 8. The van der Waals surface area contributed by atoms with Crippen LogP contribution >= 0.6 is 0 Å². The van der Waals surface area contributed by atoms with E-state index in [-0.39, 0.29) is 11.8 Å². The molecule has 2 aromatic carbocycles. The fraction of sp³-hybridized carbons (Fsp3) is 0.484. The van der Waals surface area contributed by atoms with Gasteiger partial charge in [0.2, 0.25) is 0 Å². The lowest BCUT2D eigenvalue weighted by molar-refractivity contribution is 0.0767. The Morgan fingerprint density at radius 2 is 1.32 bits per heavy atom. The van der Waals surface area contributed by atoms with Crippen molar-refractivity contribution in [3.63, 3.8) is 0 Å². The van der Waals surface area contributed by atoms with Crippen LogP contribution in [0.15, 0.2) is 54.6 Å². The summed E-state index contributed by atoms with van der Waals surface area (Å²) in [6, 6.07) is 15.5. The molecule has 3 heterocycles. The number of benzene rings is 2. The molecule has 2 aromatic rings. The molecule has 2 saturated heterocycles. The van der Waals surface area contributed by atoms with Gasteiger partial charge in [-0.15, -0.1) is 0 Å². The first kappa shape index (κ1) is 25.5. The number of amides is 2. The summed E-state index contributed by atoms with van der Waals surface area (Å²) in [5.74, 6) is 1.00. The van der Waals surface area contributed by atoms with Crippen molar-refractivity contribution in [1.82, 2.24) is 14.7 Å². The molecule has 3 aliphatic heterocycles. The van der Waals surface area contributed by atoms with Crippen LogP contribution in [0.5, 0.6) is 5.75 Å². The van der Waals surface area contributed by atoms with Gasteiger partial charge < -0.3 is 19.4 Å². The smallest absolute Gasteiger partial charge is 0.254 e. The number of ether oxygens (including phenoxy) is 1. The van der Waals surface area contributed by atoms with Crippen LogP contribution in [0.3, 0.4) is 0 Å². The molecule has 0 aromatic heterocycles. The van der Waals surface area contributed by atoms with Crippen molar-refractivity contribution in [2.24, 2.45) is 0 Å². The Bertz CT molecular complexity index is 1080. The molecule has 0 atom stereocenters. The second kappa shape index (κ2) is 12.4. The summed E-state index contributed by atoms with van der Waals surface area (Å²) in [4.78, 5) is 31.9. The summed E-state index contributed by atoms with van der Waals surface area (Å²) in [6.45, 7) is 7.29. The van der Waals surface area contributed by atoms with Crippen LogP contribution in [0.25, 0.3) is 5.57 Å². The molecule has 0 unspecified atom stereocenters. The van der Waals surface area contributed by atoms with Gasteiger partial charge in [0.15, 0.2) is 0 Å². The van der Waals surface area contributed by atoms with E-state index in [9.17, 15) is 9.59 Å². The highest BCUT2D eigenvalue weighted by molar-refractivity contribution is 5.98. The monoisotopic (exact) mass is 501 g/mol. The molecule has 0 radical (unpaired) electrons. The zero-order valence-corrected chi connectivity index (χ0v) is 21.9. The molecule has 0 saturated carbocycles. The molecular formula is C31H39N3O3. The summed E-state index contributed by atoms with van der Waals surface area (Å²) in [6.07, 6.45) is 10.2. The van der Waals surface area contributed by atoms with Gasteiger partial charge in [0.05, 0.1) is 6.61 Å². The lowest BCUT2D eigenvalue weighted by Gasteiger charge is -2.27. The van der Waals surface area contributed by atoms with E-state index in [0.29, 0.717) is 24.2 Å². The number of piperidine rings is 1. The Morgan fingerprint density at radius 3 is 1.95 bits per heavy atom. The van der Waals surface area contributed by atoms with Crippen LogP contribution in [-0.4, -0.2) is 78.9 Å². The molecule has 6 heteroatoms. The molecule has 2 amide bonds. The van der Waals surface area contributed by atoms with Crippen molar-refractivity contribution >= 4 is 17.4 Å². The maximum atomic E-state index is 13.0. The van der Waals surface area contributed by atoms with Crippen molar-refractivity contribution in [3.05, 3.63) is 71.3 Å². The minimum atomic E-state index is 0.0174. The van der Waals surface area contributed by atoms with Crippen LogP contribution in [0, 0.1) is 0 Å². The molecule has 0 spiro atoms. The standard InChI is InChI=1S/C31H39N3O3/c35-30(33-20-4-5-21-33)27-7-9-28(10-8-27)31(36)34-22-15-26(16-23-34)25-11-13-29(14-12-25)37-24-6-19-32-17-2-1-3-18-32/h7-15H,1-6,16-24H2. The van der Waals surface area contributed by atoms with E-state index in [4.69, 9.17) is 4.74 Å². The van der Waals surface area contributed by atoms with E-state index in [0.717, 1.165) is 57.7 Å². The van der Waals surface area contributed by atoms with Crippen molar-refractivity contribution in [1.29, 1.82) is 0 Å². The van der Waals surface area contributed by atoms with Gasteiger partial charge in [0.1, 0.15) is 5.75 Å². The van der Waals surface area contributed by atoms with E-state index in [1.807, 2.05) is 9.80 Å². The predicted octanol–water partition coefficient (Wildman–Crippen LogP) is 5.11. The SMILES string of the molecule is O=C(c1ccc(C(=O)N2CCCC2)cc1)N1CC=C(c2ccc(OCCCN3CCCCC3)cc2)CC1. The third-order valence-corrected chi connectivity index (χ3v) is 7.83. The third-order valence-electron chi connectivity index (χ3n) is 7.83. The number of hydrogen-bond acceptors (Lipinski definition) is 4. The highest BCUT2D eigenvalue weighted by Gasteiger charge is 2.22. The minimum absolute atomic E-state index is 0.0174. The highest BCUT2D eigenvalue weighted by atomic mass is 16.5. The Labute approximate surface area is 220 Å². The van der Waals surface area contributed by atoms with Crippen molar-refractivity contribution in [2.45, 2.75) is 44.9 Å². The van der Waals surface area contributed by atoms with Gasteiger partial charge in [-0.3, -0.25) is 9.59 Å². The van der Waals surface area contributed by atoms with E-state index >= 15 is 0 Å². The molecule has 196 valence electrons. The molecule has 6 nitrogen and oxygen atoms in total. The number of likely N-dealkylation sites (tertiary alicyclic amines) is 2. The first-order valence-corrected chi connectivity index (χ1v) is 14.0. The summed E-state index contributed by atoms with van der Waals surface area (Å²) in [5.41, 5.74) is 3.76. The number of nitrogens with zero attached hydrogens (tertiary/aromatic N) is 3. The van der Waals surface area contributed by atoms with Crippen LogP contribution in [-0.2, 0) is 0 Å². The molecule has 0 aliphatic carbocycles. The highest BCUT2D eigenvalue weighted by Crippen LogP contribution is 2.25. The minimum Gasteiger partial charge on any atom is -0.494 e. The number of hydrogen-bond donors (Lipinski definition) is 0. The van der Waals surface area contributed by atoms with Crippen molar-refractivity contribution < 1.29 is 14.3 Å². The maximum Gasteiger partial charge on any atom is 0.254 e. The Kier molecular flexibility index (Phi) is 8.57. The first-order chi connectivity index (χ1) is 18.2. The average molecular weight is 502 g/mol. The lowest BCUT2D eigenvalue weighted by atomic mass is 9.99. The zero-order valence-electron chi connectivity index (χ0n) is 21.9. The molecule has 5 rings (SSSR count). The van der Waals surface area contributed by atoms with E-state index in [1.54, 1.807) is 24.3 Å². The topological polar surface area (TPSA) is 53.1 Å². The molecule has 2 fully saturated rings. The van der Waals surface area contributed by atoms with Gasteiger partial charge in [0, 0.05) is 43.9 Å². The normalized spacial score (nSPS) is 18.5. The van der Waals surface area contributed by atoms with Gasteiger partial charge >= 0.3 is 0 Å². The second-order valence-corrected chi connectivity index (χ2v) is 10.4. The van der Waals surface area contributed by atoms with Crippen molar-refractivity contribution in [2.75, 3.05) is 52.4 Å². The molecular weight excluding hydrogens is 462 g/mol. The molecule has 3 aliphatic rings. The summed E-state index contributed by atoms with van der Waals surface area (Å²) in [5, 5.41) is 0. The number of carbonyl (C=O) groups is 2. The lowest BCUT2D eigenvalue weighted by Crippen LogP contribution is -2.34. The van der Waals surface area contributed by atoms with Gasteiger partial charge in [-0.05, 0) is 99.1 Å². The third kappa shape index (κ3) is 6.61. The molecule has 0 bridgehead atoms. The maximum absolute atomic E-state index is 13.0. The summed E-state index contributed by atoms with van der Waals surface area (Å²) < 4.78 is 5.97. The average Bonchev–Trinajstić information content (AvgIpc) is 3.51. The van der Waals surface area contributed by atoms with Gasteiger partial charge in [-0.2, -0.15) is 0 Å². The predicted molar refractivity (Wildman–Crippen MR) is 147 cm³/mol. The fourth-order valence-electron chi connectivity index (χ4n) is 5.58. The quantitative estimate of drug-likeness (QED) is 0.472. The van der Waals surface area contributed by atoms with Gasteiger partial charge in [-0.1, -0.05) is 24.6 Å². The summed E-state index contributed by atoms with van der Waals surface area (Å²) in [7, 11) is 0. The van der Waals surface area contributed by atoms with Gasteiger partial charge in [-0.25, -0.2) is 0 Å². The van der Waals surface area contributed by atoms with Crippen LogP contribution < -0.4 is 4.74 Å². The fourth-order valence-corrected chi connectivity index (χ4v) is 5.58. The first-order valence-electron chi connectivity index (χ1n) is 14.0. The van der Waals surface area contributed by atoms with E-state index in [2.05, 4.69) is 35.2 Å². The van der Waals surface area contributed by atoms with E-state index < -0.39 is 0 Å². The summed E-state index contributed by atoms with van der Waals surface area (Å²) >= 11 is 0. The van der Waals surface area contributed by atoms with E-state index in [1.165, 1.54) is 43.5 Å². The molecule has 0 N–H and O–H groups in total. The number of carbonyl (C=O) groups excluding carboxylic acids is 2. The molecule has 37 heavy (non-hydrogen) atoms. The van der Waals surface area contributed by atoms with Crippen molar-refractivity contribution in [3.8, 4) is 5.75 Å². The zero-order chi connectivity index (χ0) is 25.5.